The number of aryl methyl sites for hydroxylation is 1. The van der Waals surface area contributed by atoms with Crippen LogP contribution in [0.5, 0.6) is 0 Å². The molecule has 4 nitrogen and oxygen atoms in total. The van der Waals surface area contributed by atoms with Crippen LogP contribution >= 0.6 is 0 Å². The number of anilines is 1. The number of ether oxygens (including phenoxy) is 2. The lowest BCUT2D eigenvalue weighted by Gasteiger charge is -2.21. The summed E-state index contributed by atoms with van der Waals surface area (Å²) in [6, 6.07) is 8.13. The Balaban J connectivity index is 1.58. The molecule has 0 aliphatic carbocycles. The second-order valence-corrected chi connectivity index (χ2v) is 5.28. The van der Waals surface area contributed by atoms with Gasteiger partial charge in [-0.2, -0.15) is 0 Å². The van der Waals surface area contributed by atoms with Crippen LogP contribution < -0.4 is 5.32 Å². The molecular formula is C16H23NO3. The minimum Gasteiger partial charge on any atom is -0.465 e. The summed E-state index contributed by atoms with van der Waals surface area (Å²) in [5, 5.41) is 3.22. The van der Waals surface area contributed by atoms with Gasteiger partial charge in [0.1, 0.15) is 0 Å². The summed E-state index contributed by atoms with van der Waals surface area (Å²) >= 11 is 0. The third kappa shape index (κ3) is 5.21. The standard InChI is InChI=1S/C16H23NO3/c1-13-2-4-15(5-3-13)17-9-6-16(18)20-12-14-7-10-19-11-8-14/h2-5,14,17H,6-12H2,1H3. The van der Waals surface area contributed by atoms with E-state index in [1.807, 2.05) is 24.3 Å². The fourth-order valence-electron chi connectivity index (χ4n) is 2.18. The summed E-state index contributed by atoms with van der Waals surface area (Å²) in [6.07, 6.45) is 2.39. The molecule has 1 heterocycles. The highest BCUT2D eigenvalue weighted by molar-refractivity contribution is 5.70. The quantitative estimate of drug-likeness (QED) is 0.812. The number of rotatable bonds is 6. The summed E-state index contributed by atoms with van der Waals surface area (Å²) in [6.45, 7) is 4.77. The maximum Gasteiger partial charge on any atom is 0.307 e. The van der Waals surface area contributed by atoms with E-state index < -0.39 is 0 Å². The van der Waals surface area contributed by atoms with Crippen molar-refractivity contribution in [1.29, 1.82) is 0 Å². The monoisotopic (exact) mass is 277 g/mol. The van der Waals surface area contributed by atoms with Crippen LogP contribution in [0.3, 0.4) is 0 Å². The van der Waals surface area contributed by atoms with Gasteiger partial charge in [0.05, 0.1) is 13.0 Å². The minimum absolute atomic E-state index is 0.129. The summed E-state index contributed by atoms with van der Waals surface area (Å²) < 4.78 is 10.6. The van der Waals surface area contributed by atoms with Crippen LogP contribution in [0, 0.1) is 12.8 Å². The van der Waals surface area contributed by atoms with E-state index in [2.05, 4.69) is 12.2 Å². The lowest BCUT2D eigenvalue weighted by molar-refractivity contribution is -0.145. The number of carbonyl (C=O) groups is 1. The van der Waals surface area contributed by atoms with E-state index in [9.17, 15) is 4.79 Å². The van der Waals surface area contributed by atoms with Gasteiger partial charge in [0.15, 0.2) is 0 Å². The molecule has 0 radical (unpaired) electrons. The van der Waals surface area contributed by atoms with Crippen LogP contribution in [0.2, 0.25) is 0 Å². The minimum atomic E-state index is -0.129. The van der Waals surface area contributed by atoms with Gasteiger partial charge >= 0.3 is 5.97 Å². The zero-order valence-corrected chi connectivity index (χ0v) is 12.1. The van der Waals surface area contributed by atoms with Gasteiger partial charge in [0.2, 0.25) is 0 Å². The zero-order valence-electron chi connectivity index (χ0n) is 12.1. The third-order valence-corrected chi connectivity index (χ3v) is 3.53. The fourth-order valence-corrected chi connectivity index (χ4v) is 2.18. The molecule has 0 saturated carbocycles. The molecule has 4 heteroatoms. The molecule has 1 aromatic rings. The fraction of sp³-hybridized carbons (Fsp3) is 0.562. The third-order valence-electron chi connectivity index (χ3n) is 3.53. The summed E-state index contributed by atoms with van der Waals surface area (Å²) in [5.41, 5.74) is 2.26. The number of esters is 1. The van der Waals surface area contributed by atoms with Crippen molar-refractivity contribution in [3.05, 3.63) is 29.8 Å². The van der Waals surface area contributed by atoms with E-state index in [1.165, 1.54) is 5.56 Å². The molecule has 1 saturated heterocycles. The molecule has 20 heavy (non-hydrogen) atoms. The second-order valence-electron chi connectivity index (χ2n) is 5.28. The predicted molar refractivity (Wildman–Crippen MR) is 78.8 cm³/mol. The molecule has 2 rings (SSSR count). The average Bonchev–Trinajstić information content (AvgIpc) is 2.48. The molecule has 0 bridgehead atoms. The van der Waals surface area contributed by atoms with Gasteiger partial charge in [-0.05, 0) is 37.8 Å². The van der Waals surface area contributed by atoms with Crippen LogP contribution in [0.15, 0.2) is 24.3 Å². The molecule has 1 aromatic carbocycles. The van der Waals surface area contributed by atoms with Gasteiger partial charge in [0.25, 0.3) is 0 Å². The molecule has 1 fully saturated rings. The Morgan fingerprint density at radius 3 is 2.70 bits per heavy atom. The van der Waals surface area contributed by atoms with E-state index in [4.69, 9.17) is 9.47 Å². The van der Waals surface area contributed by atoms with Gasteiger partial charge < -0.3 is 14.8 Å². The van der Waals surface area contributed by atoms with Crippen molar-refractivity contribution in [3.8, 4) is 0 Å². The Morgan fingerprint density at radius 1 is 1.30 bits per heavy atom. The Morgan fingerprint density at radius 2 is 2.00 bits per heavy atom. The Bertz CT molecular complexity index is 410. The van der Waals surface area contributed by atoms with Crippen LogP contribution in [0.4, 0.5) is 5.69 Å². The maximum atomic E-state index is 11.6. The first-order chi connectivity index (χ1) is 9.74. The van der Waals surface area contributed by atoms with E-state index in [1.54, 1.807) is 0 Å². The second kappa shape index (κ2) is 7.90. The Kier molecular flexibility index (Phi) is 5.87. The van der Waals surface area contributed by atoms with Crippen LogP contribution in [0.1, 0.15) is 24.8 Å². The van der Waals surface area contributed by atoms with Gasteiger partial charge in [0, 0.05) is 25.4 Å². The van der Waals surface area contributed by atoms with Crippen molar-refractivity contribution in [3.63, 3.8) is 0 Å². The number of nitrogens with one attached hydrogen (secondary N) is 1. The zero-order chi connectivity index (χ0) is 14.2. The van der Waals surface area contributed by atoms with Crippen LogP contribution in [0.25, 0.3) is 0 Å². The van der Waals surface area contributed by atoms with Crippen molar-refractivity contribution >= 4 is 11.7 Å². The predicted octanol–water partition coefficient (Wildman–Crippen LogP) is 2.77. The smallest absolute Gasteiger partial charge is 0.307 e. The van der Waals surface area contributed by atoms with E-state index in [0.29, 0.717) is 25.5 Å². The van der Waals surface area contributed by atoms with E-state index in [0.717, 1.165) is 31.7 Å². The largest absolute Gasteiger partial charge is 0.465 e. The molecule has 0 unspecified atom stereocenters. The molecule has 0 spiro atoms. The molecule has 1 N–H and O–H groups in total. The average molecular weight is 277 g/mol. The van der Waals surface area contributed by atoms with Crippen LogP contribution in [-0.4, -0.2) is 32.3 Å². The molecule has 0 amide bonds. The van der Waals surface area contributed by atoms with Crippen molar-refractivity contribution in [2.45, 2.75) is 26.2 Å². The molecule has 0 aromatic heterocycles. The van der Waals surface area contributed by atoms with E-state index >= 15 is 0 Å². The van der Waals surface area contributed by atoms with Gasteiger partial charge in [-0.3, -0.25) is 4.79 Å². The molecule has 110 valence electrons. The SMILES string of the molecule is Cc1ccc(NCCC(=O)OCC2CCOCC2)cc1. The first-order valence-electron chi connectivity index (χ1n) is 7.28. The topological polar surface area (TPSA) is 47.6 Å². The molecule has 1 aliphatic heterocycles. The number of hydrogen-bond donors (Lipinski definition) is 1. The molecular weight excluding hydrogens is 254 g/mol. The highest BCUT2D eigenvalue weighted by Crippen LogP contribution is 2.15. The van der Waals surface area contributed by atoms with Gasteiger partial charge in [-0.1, -0.05) is 17.7 Å². The van der Waals surface area contributed by atoms with Gasteiger partial charge in [-0.25, -0.2) is 0 Å². The molecule has 0 atom stereocenters. The highest BCUT2D eigenvalue weighted by Gasteiger charge is 2.15. The van der Waals surface area contributed by atoms with Crippen molar-refractivity contribution in [2.24, 2.45) is 5.92 Å². The summed E-state index contributed by atoms with van der Waals surface area (Å²) in [4.78, 5) is 11.6. The number of benzene rings is 1. The molecule has 1 aliphatic rings. The summed E-state index contributed by atoms with van der Waals surface area (Å²) in [7, 11) is 0. The first kappa shape index (κ1) is 14.9. The van der Waals surface area contributed by atoms with E-state index in [-0.39, 0.29) is 5.97 Å². The Labute approximate surface area is 120 Å². The van der Waals surface area contributed by atoms with Crippen molar-refractivity contribution in [1.82, 2.24) is 0 Å². The van der Waals surface area contributed by atoms with Crippen molar-refractivity contribution < 1.29 is 14.3 Å². The number of carbonyl (C=O) groups excluding carboxylic acids is 1. The number of hydrogen-bond acceptors (Lipinski definition) is 4. The first-order valence-corrected chi connectivity index (χ1v) is 7.28. The highest BCUT2D eigenvalue weighted by atomic mass is 16.5. The van der Waals surface area contributed by atoms with Gasteiger partial charge in [-0.15, -0.1) is 0 Å². The normalized spacial score (nSPS) is 15.8. The lowest BCUT2D eigenvalue weighted by atomic mass is 10.0. The maximum absolute atomic E-state index is 11.6. The van der Waals surface area contributed by atoms with Crippen LogP contribution in [-0.2, 0) is 14.3 Å². The lowest BCUT2D eigenvalue weighted by Crippen LogP contribution is -2.22. The summed E-state index contributed by atoms with van der Waals surface area (Å²) in [5.74, 6) is 0.342. The van der Waals surface area contributed by atoms with Crippen molar-refractivity contribution in [2.75, 3.05) is 31.7 Å². The Hall–Kier alpha value is -1.55.